The van der Waals surface area contributed by atoms with Gasteiger partial charge in [0, 0.05) is 18.8 Å². The Labute approximate surface area is 245 Å². The average Bonchev–Trinajstić information content (AvgIpc) is 3.15. The number of nitrogens with zero attached hydrogens (tertiary/aromatic N) is 2. The summed E-state index contributed by atoms with van der Waals surface area (Å²) in [5.74, 6) is -0.752. The van der Waals surface area contributed by atoms with E-state index in [0.717, 1.165) is 35.8 Å². The van der Waals surface area contributed by atoms with Crippen molar-refractivity contribution >= 4 is 92.6 Å². The van der Waals surface area contributed by atoms with E-state index in [1.165, 1.54) is 34.8 Å². The van der Waals surface area contributed by atoms with Gasteiger partial charge < -0.3 is 19.9 Å². The number of ether oxygens (including phenoxy) is 1. The first-order chi connectivity index (χ1) is 17.5. The van der Waals surface area contributed by atoms with E-state index in [1.54, 1.807) is 0 Å². The molecule has 1 aromatic carbocycles. The molecule has 0 radical (unpaired) electrons. The maximum Gasteiger partial charge on any atom is 0.330 e. The minimum Gasteiger partial charge on any atom is -0.460 e. The molecule has 2 amide bonds. The molecule has 1 N–H and O–H groups in total. The van der Waals surface area contributed by atoms with Crippen LogP contribution in [-0.4, -0.2) is 83.4 Å². The van der Waals surface area contributed by atoms with Gasteiger partial charge in [-0.1, -0.05) is 89.1 Å². The van der Waals surface area contributed by atoms with E-state index in [0.29, 0.717) is 5.75 Å². The van der Waals surface area contributed by atoms with Crippen molar-refractivity contribution in [3.05, 3.63) is 35.9 Å². The highest BCUT2D eigenvalue weighted by atomic mass is 35.6. The fourth-order valence-electron chi connectivity index (χ4n) is 4.74. The predicted molar refractivity (Wildman–Crippen MR) is 154 cm³/mol. The number of esters is 1. The van der Waals surface area contributed by atoms with Crippen LogP contribution < -0.4 is 5.32 Å². The first kappa shape index (κ1) is 29.1. The van der Waals surface area contributed by atoms with E-state index < -0.39 is 38.6 Å². The first-order valence-electron chi connectivity index (χ1n) is 12.0. The van der Waals surface area contributed by atoms with Gasteiger partial charge in [-0.15, -0.1) is 11.8 Å². The van der Waals surface area contributed by atoms with E-state index in [2.05, 4.69) is 10.2 Å². The van der Waals surface area contributed by atoms with Crippen molar-refractivity contribution in [2.24, 2.45) is 0 Å². The molecule has 0 bridgehead atoms. The second-order valence-electron chi connectivity index (χ2n) is 9.50. The lowest BCUT2D eigenvalue weighted by Crippen LogP contribution is -2.71. The van der Waals surface area contributed by atoms with Gasteiger partial charge in [-0.05, 0) is 31.7 Å². The molecule has 37 heavy (non-hydrogen) atoms. The highest BCUT2D eigenvalue weighted by Gasteiger charge is 2.66. The third-order valence-corrected chi connectivity index (χ3v) is 10.6. The minimum atomic E-state index is -1.77. The zero-order valence-corrected chi connectivity index (χ0v) is 24.9. The molecule has 1 aromatic rings. The fourth-order valence-corrected chi connectivity index (χ4v) is 8.19. The number of carbonyl (C=O) groups excluding carboxylic acids is 3. The van der Waals surface area contributed by atoms with Crippen LogP contribution in [0.5, 0.6) is 0 Å². The maximum absolute atomic E-state index is 13.2. The van der Waals surface area contributed by atoms with Gasteiger partial charge in [-0.2, -0.15) is 0 Å². The van der Waals surface area contributed by atoms with Crippen molar-refractivity contribution in [3.8, 4) is 0 Å². The summed E-state index contributed by atoms with van der Waals surface area (Å²) in [6.45, 7) is 3.33. The van der Waals surface area contributed by atoms with Crippen molar-refractivity contribution in [1.82, 2.24) is 15.1 Å². The Morgan fingerprint density at radius 3 is 2.54 bits per heavy atom. The highest BCUT2D eigenvalue weighted by molar-refractivity contribution is 8.23. The van der Waals surface area contributed by atoms with E-state index in [1.807, 2.05) is 37.3 Å². The van der Waals surface area contributed by atoms with Crippen molar-refractivity contribution in [2.75, 3.05) is 25.4 Å². The van der Waals surface area contributed by atoms with Crippen molar-refractivity contribution < 1.29 is 19.1 Å². The molecule has 3 unspecified atom stereocenters. The van der Waals surface area contributed by atoms with Gasteiger partial charge in [0.1, 0.15) is 28.4 Å². The number of hydrogen-bond donors (Lipinski definition) is 1. The second-order valence-corrected chi connectivity index (χ2v) is 15.3. The summed E-state index contributed by atoms with van der Waals surface area (Å²) in [7, 11) is 0. The zero-order chi connectivity index (χ0) is 26.8. The van der Waals surface area contributed by atoms with Crippen LogP contribution in [0.25, 0.3) is 0 Å². The molecule has 7 nitrogen and oxygen atoms in total. The molecule has 4 atom stereocenters. The number of fused-ring (bicyclic) bond motifs is 1. The summed E-state index contributed by atoms with van der Waals surface area (Å²) in [5.41, 5.74) is 0.850. The number of thioether (sulfide) groups is 2. The molecule has 0 spiro atoms. The van der Waals surface area contributed by atoms with Gasteiger partial charge in [-0.3, -0.25) is 9.59 Å². The van der Waals surface area contributed by atoms with Crippen LogP contribution in [0.4, 0.5) is 0 Å². The summed E-state index contributed by atoms with van der Waals surface area (Å²) in [4.78, 5) is 42.8. The molecular weight excluding hydrogens is 597 g/mol. The van der Waals surface area contributed by atoms with Crippen molar-refractivity contribution in [2.45, 2.75) is 58.6 Å². The van der Waals surface area contributed by atoms with E-state index in [4.69, 9.17) is 51.8 Å². The lowest BCUT2D eigenvalue weighted by Gasteiger charge is -2.44. The Morgan fingerprint density at radius 1 is 1.22 bits per heavy atom. The number of nitrogens with one attached hydrogen (secondary N) is 1. The van der Waals surface area contributed by atoms with Crippen LogP contribution in [0.3, 0.4) is 0 Å². The SMILES string of the molecule is CC1(CSC(=S)N2CCCCC2)S[C@H]2C(NC(=O)Cc3ccccc3)C(=O)N2C1C(=O)OCC(Cl)(Cl)Cl. The molecule has 3 fully saturated rings. The van der Waals surface area contributed by atoms with E-state index in [-0.39, 0.29) is 18.2 Å². The minimum absolute atomic E-state index is 0.161. The summed E-state index contributed by atoms with van der Waals surface area (Å²) < 4.78 is 3.61. The maximum atomic E-state index is 13.2. The summed E-state index contributed by atoms with van der Waals surface area (Å²) in [5, 5.41) is 2.44. The van der Waals surface area contributed by atoms with E-state index in [9.17, 15) is 14.4 Å². The molecule has 0 aliphatic carbocycles. The monoisotopic (exact) mass is 623 g/mol. The molecule has 202 valence electrons. The number of alkyl halides is 3. The quantitative estimate of drug-likeness (QED) is 0.210. The van der Waals surface area contributed by atoms with Crippen molar-refractivity contribution in [3.63, 3.8) is 0 Å². The number of rotatable bonds is 7. The molecule has 3 aliphatic heterocycles. The van der Waals surface area contributed by atoms with Crippen molar-refractivity contribution in [1.29, 1.82) is 0 Å². The molecule has 0 saturated carbocycles. The third kappa shape index (κ3) is 7.00. The Bertz CT molecular complexity index is 1040. The molecule has 3 heterocycles. The summed E-state index contributed by atoms with van der Waals surface area (Å²) in [6, 6.07) is 7.67. The van der Waals surface area contributed by atoms with Crippen LogP contribution in [0.2, 0.25) is 0 Å². The van der Waals surface area contributed by atoms with Gasteiger partial charge in [0.2, 0.25) is 15.6 Å². The van der Waals surface area contributed by atoms with Crippen LogP contribution in [0.15, 0.2) is 30.3 Å². The van der Waals surface area contributed by atoms with Gasteiger partial charge in [-0.25, -0.2) is 4.79 Å². The number of hydrogen-bond acceptors (Lipinski definition) is 7. The summed E-state index contributed by atoms with van der Waals surface area (Å²) in [6.07, 6.45) is 3.57. The normalized spacial score (nSPS) is 27.4. The second kappa shape index (κ2) is 12.1. The number of likely N-dealkylation sites (tertiary alicyclic amines) is 1. The van der Waals surface area contributed by atoms with Gasteiger partial charge in [0.05, 0.1) is 11.2 Å². The predicted octanol–water partition coefficient (Wildman–Crippen LogP) is 4.17. The highest BCUT2D eigenvalue weighted by Crippen LogP contribution is 2.53. The lowest BCUT2D eigenvalue weighted by molar-refractivity contribution is -0.164. The van der Waals surface area contributed by atoms with E-state index >= 15 is 0 Å². The smallest absolute Gasteiger partial charge is 0.330 e. The number of β-lactam (4-membered cyclic amide) rings is 1. The Balaban J connectivity index is 1.46. The third-order valence-electron chi connectivity index (χ3n) is 6.55. The van der Waals surface area contributed by atoms with Crippen LogP contribution >= 0.6 is 70.5 Å². The number of piperidine rings is 1. The average molecular weight is 625 g/mol. The Morgan fingerprint density at radius 2 is 1.89 bits per heavy atom. The molecule has 3 aliphatic rings. The van der Waals surface area contributed by atoms with Crippen LogP contribution in [0, 0.1) is 0 Å². The van der Waals surface area contributed by atoms with Gasteiger partial charge in [0.15, 0.2) is 0 Å². The number of halogens is 3. The molecule has 13 heteroatoms. The van der Waals surface area contributed by atoms with Gasteiger partial charge >= 0.3 is 5.97 Å². The number of thiocarbonyl (C=S) groups is 1. The van der Waals surface area contributed by atoms with Crippen LogP contribution in [-0.2, 0) is 25.5 Å². The lowest BCUT2D eigenvalue weighted by atomic mass is 9.95. The fraction of sp³-hybridized carbons (Fsp3) is 0.583. The Kier molecular flexibility index (Phi) is 9.50. The first-order valence-corrected chi connectivity index (χ1v) is 15.4. The van der Waals surface area contributed by atoms with Crippen LogP contribution in [0.1, 0.15) is 31.7 Å². The zero-order valence-electron chi connectivity index (χ0n) is 20.2. The molecule has 4 rings (SSSR count). The molecule has 0 aromatic heterocycles. The largest absolute Gasteiger partial charge is 0.460 e. The molecular formula is C24H28Cl3N3O4S3. The summed E-state index contributed by atoms with van der Waals surface area (Å²) >= 11 is 26.0. The Hall–Kier alpha value is -0.910. The molecule has 3 saturated heterocycles. The number of benzene rings is 1. The van der Waals surface area contributed by atoms with Gasteiger partial charge in [0.25, 0.3) is 0 Å². The number of amides is 2. The standard InChI is InChI=1S/C24H28Cl3N3O4S3/c1-23(14-36-22(35)29-10-6-3-7-11-29)18(21(33)34-13-24(25,26)27)30-19(32)17(20(30)37-23)28-16(31)12-15-8-4-2-5-9-15/h2,4-5,8-9,17-18,20H,3,6-7,10-14H2,1H3,(H,28,31)/t17?,18?,20-,23?/m0/s1. The topological polar surface area (TPSA) is 79.0 Å². The number of carbonyl (C=O) groups is 3.